The predicted octanol–water partition coefficient (Wildman–Crippen LogP) is 2.87. The lowest BCUT2D eigenvalue weighted by atomic mass is 9.70. The van der Waals surface area contributed by atoms with Gasteiger partial charge >= 0.3 is 5.97 Å². The molecule has 0 aromatic heterocycles. The third-order valence-corrected chi connectivity index (χ3v) is 10.3. The molecule has 234 valence electrons. The summed E-state index contributed by atoms with van der Waals surface area (Å²) >= 11 is 3.69. The number of nitrogens with one attached hydrogen (secondary N) is 1. The van der Waals surface area contributed by atoms with E-state index < -0.39 is 47.7 Å². The molecule has 3 heterocycles. The minimum Gasteiger partial charge on any atom is -0.460 e. The van der Waals surface area contributed by atoms with Crippen LogP contribution in [0.5, 0.6) is 0 Å². The molecule has 11 heteroatoms. The number of nitrogens with zero attached hydrogens (tertiary/aromatic N) is 2. The van der Waals surface area contributed by atoms with Gasteiger partial charge in [0, 0.05) is 23.8 Å². The number of likely N-dealkylation sites (tertiary alicyclic amines) is 1. The molecule has 1 spiro atoms. The molecule has 1 saturated carbocycles. The van der Waals surface area contributed by atoms with Gasteiger partial charge in [0.1, 0.15) is 17.7 Å². The van der Waals surface area contributed by atoms with E-state index in [9.17, 15) is 24.3 Å². The van der Waals surface area contributed by atoms with E-state index in [1.807, 2.05) is 11.8 Å². The van der Waals surface area contributed by atoms with E-state index >= 15 is 0 Å². The van der Waals surface area contributed by atoms with E-state index in [1.165, 1.54) is 4.90 Å². The van der Waals surface area contributed by atoms with Crippen molar-refractivity contribution in [1.29, 1.82) is 0 Å². The smallest absolute Gasteiger partial charge is 0.312 e. The number of fused-ring (bicyclic) bond motifs is 1. The van der Waals surface area contributed by atoms with Crippen molar-refractivity contribution >= 4 is 39.6 Å². The highest BCUT2D eigenvalue weighted by molar-refractivity contribution is 9.09. The topological polar surface area (TPSA) is 125 Å². The summed E-state index contributed by atoms with van der Waals surface area (Å²) in [5.74, 6) is -3.16. The van der Waals surface area contributed by atoms with Gasteiger partial charge in [0.2, 0.25) is 17.7 Å². The largest absolute Gasteiger partial charge is 0.460 e. The quantitative estimate of drug-likeness (QED) is 0.168. The van der Waals surface area contributed by atoms with Crippen molar-refractivity contribution in [2.75, 3.05) is 19.7 Å². The van der Waals surface area contributed by atoms with E-state index in [0.717, 1.165) is 32.1 Å². The van der Waals surface area contributed by atoms with E-state index in [-0.39, 0.29) is 41.7 Å². The van der Waals surface area contributed by atoms with Crippen LogP contribution in [-0.2, 0) is 28.7 Å². The van der Waals surface area contributed by atoms with Crippen LogP contribution in [-0.4, -0.2) is 99.1 Å². The monoisotopic (exact) mass is 651 g/mol. The number of hydrogen-bond donors (Lipinski definition) is 2. The van der Waals surface area contributed by atoms with Gasteiger partial charge in [-0.3, -0.25) is 19.2 Å². The Morgan fingerprint density at radius 2 is 1.98 bits per heavy atom. The van der Waals surface area contributed by atoms with Crippen molar-refractivity contribution in [3.63, 3.8) is 0 Å². The predicted molar refractivity (Wildman–Crippen MR) is 160 cm³/mol. The maximum atomic E-state index is 14.6. The minimum absolute atomic E-state index is 0.0347. The molecule has 4 fully saturated rings. The van der Waals surface area contributed by atoms with Crippen LogP contribution in [0.2, 0.25) is 0 Å². The fourth-order valence-electron chi connectivity index (χ4n) is 7.43. The Morgan fingerprint density at radius 3 is 2.60 bits per heavy atom. The molecule has 2 N–H and O–H groups in total. The van der Waals surface area contributed by atoms with Crippen molar-refractivity contribution in [3.8, 4) is 0 Å². The highest BCUT2D eigenvalue weighted by Gasteiger charge is 2.77. The van der Waals surface area contributed by atoms with Crippen LogP contribution >= 0.6 is 15.9 Å². The van der Waals surface area contributed by atoms with Gasteiger partial charge in [0.15, 0.2) is 0 Å². The molecule has 3 amide bonds. The summed E-state index contributed by atoms with van der Waals surface area (Å²) in [7, 11) is 0. The molecule has 0 radical (unpaired) electrons. The second-order valence-corrected chi connectivity index (χ2v) is 13.3. The molecule has 8 atom stereocenters. The average molecular weight is 653 g/mol. The first-order valence-corrected chi connectivity index (χ1v) is 16.3. The molecule has 0 aromatic carbocycles. The van der Waals surface area contributed by atoms with Crippen LogP contribution in [0.3, 0.4) is 0 Å². The Morgan fingerprint density at radius 1 is 1.26 bits per heavy atom. The number of alkyl halides is 1. The summed E-state index contributed by atoms with van der Waals surface area (Å²) in [5.41, 5.74) is -1.23. The zero-order valence-electron chi connectivity index (χ0n) is 24.8. The first-order valence-electron chi connectivity index (χ1n) is 15.4. The second kappa shape index (κ2) is 14.0. The molecule has 42 heavy (non-hydrogen) atoms. The van der Waals surface area contributed by atoms with Crippen molar-refractivity contribution in [2.24, 2.45) is 11.8 Å². The minimum atomic E-state index is -1.23. The van der Waals surface area contributed by atoms with Gasteiger partial charge in [-0.2, -0.15) is 0 Å². The Hall–Kier alpha value is -2.24. The standard InChI is InChI=1S/C31H46BrN3O7/c1-5-8-14-23(37)33-17-19(4)41-30(40)24-25-28(38)35(20(7-3)18-36)27(31(25)16-22(32)26(24)42-31)29(39)34(15-6-2)21-12-10-9-11-13-21/h5-6,19-22,24-27,36H,1-2,7-18H2,3-4H3,(H,33,37)/t19-,20-,22?,24+,25-,26+,27+,31-/m0/s1. The summed E-state index contributed by atoms with van der Waals surface area (Å²) in [5, 5.41) is 13.1. The zero-order valence-corrected chi connectivity index (χ0v) is 26.4. The number of hydrogen-bond acceptors (Lipinski definition) is 7. The van der Waals surface area contributed by atoms with Crippen molar-refractivity contribution in [1.82, 2.24) is 15.1 Å². The van der Waals surface area contributed by atoms with E-state index in [0.29, 0.717) is 32.2 Å². The third kappa shape index (κ3) is 6.06. The van der Waals surface area contributed by atoms with Gasteiger partial charge in [-0.05, 0) is 39.0 Å². The fourth-order valence-corrected chi connectivity index (χ4v) is 8.37. The molecule has 3 aliphatic heterocycles. The molecule has 1 aliphatic carbocycles. The number of rotatable bonds is 14. The van der Waals surface area contributed by atoms with Crippen molar-refractivity contribution in [3.05, 3.63) is 25.3 Å². The number of aliphatic hydroxyl groups excluding tert-OH is 1. The zero-order chi connectivity index (χ0) is 30.6. The van der Waals surface area contributed by atoms with Gasteiger partial charge in [-0.25, -0.2) is 0 Å². The fraction of sp³-hybridized carbons (Fsp3) is 0.742. The normalized spacial score (nSPS) is 31.8. The molecule has 0 aromatic rings. The lowest BCUT2D eigenvalue weighted by molar-refractivity contribution is -0.160. The van der Waals surface area contributed by atoms with Crippen molar-refractivity contribution < 1.29 is 33.8 Å². The van der Waals surface area contributed by atoms with Crippen molar-refractivity contribution in [2.45, 2.75) is 112 Å². The molecule has 4 rings (SSSR count). The van der Waals surface area contributed by atoms with Gasteiger partial charge in [-0.1, -0.05) is 54.3 Å². The first-order chi connectivity index (χ1) is 20.1. The lowest BCUT2D eigenvalue weighted by Crippen LogP contribution is -2.60. The van der Waals surface area contributed by atoms with Crippen LogP contribution < -0.4 is 5.32 Å². The first kappa shape index (κ1) is 32.7. The van der Waals surface area contributed by atoms with Gasteiger partial charge in [-0.15, -0.1) is 13.2 Å². The average Bonchev–Trinajstić information content (AvgIpc) is 3.58. The van der Waals surface area contributed by atoms with Crippen LogP contribution in [0.15, 0.2) is 25.3 Å². The van der Waals surface area contributed by atoms with Crippen LogP contribution in [0.1, 0.15) is 71.6 Å². The SMILES string of the molecule is C=CCCC(=O)NC[C@H](C)OC(=O)[C@H]1[C@@H]2O[C@@]3(CC2Br)[C@@H]1C(=O)N([C@@H](CC)CO)[C@@H]3C(=O)N(CC=C)C1CCCCC1. The number of carbonyl (C=O) groups is 4. The van der Waals surface area contributed by atoms with Gasteiger partial charge in [0.25, 0.3) is 0 Å². The third-order valence-electron chi connectivity index (χ3n) is 9.41. The van der Waals surface area contributed by atoms with Crippen LogP contribution in [0.4, 0.5) is 0 Å². The maximum absolute atomic E-state index is 14.6. The molecule has 4 aliphatic rings. The number of aliphatic hydroxyl groups is 1. The molecule has 2 bridgehead atoms. The number of ether oxygens (including phenoxy) is 2. The summed E-state index contributed by atoms with van der Waals surface area (Å²) in [6.07, 6.45) is 8.74. The molecule has 1 unspecified atom stereocenters. The number of carbonyl (C=O) groups excluding carboxylic acids is 4. The maximum Gasteiger partial charge on any atom is 0.312 e. The molecular weight excluding hydrogens is 606 g/mol. The Kier molecular flexibility index (Phi) is 10.9. The highest BCUT2D eigenvalue weighted by atomic mass is 79.9. The molecule has 3 saturated heterocycles. The van der Waals surface area contributed by atoms with Crippen LogP contribution in [0.25, 0.3) is 0 Å². The number of esters is 1. The highest BCUT2D eigenvalue weighted by Crippen LogP contribution is 2.61. The summed E-state index contributed by atoms with van der Waals surface area (Å²) in [6.45, 7) is 11.2. The number of allylic oxidation sites excluding steroid dienone is 1. The molecular formula is C31H46BrN3O7. The Balaban J connectivity index is 1.63. The van der Waals surface area contributed by atoms with Gasteiger partial charge in [0.05, 0.1) is 37.1 Å². The number of halogens is 1. The second-order valence-electron chi connectivity index (χ2n) is 12.1. The van der Waals surface area contributed by atoms with Crippen LogP contribution in [0, 0.1) is 11.8 Å². The van der Waals surface area contributed by atoms with E-state index in [2.05, 4.69) is 34.4 Å². The van der Waals surface area contributed by atoms with E-state index in [1.54, 1.807) is 19.1 Å². The number of amides is 3. The molecule has 10 nitrogen and oxygen atoms in total. The summed E-state index contributed by atoms with van der Waals surface area (Å²) in [6, 6.07) is -1.54. The summed E-state index contributed by atoms with van der Waals surface area (Å²) < 4.78 is 12.4. The lowest BCUT2D eigenvalue weighted by Gasteiger charge is -2.42. The van der Waals surface area contributed by atoms with E-state index in [4.69, 9.17) is 9.47 Å². The Labute approximate surface area is 257 Å². The Bertz CT molecular complexity index is 1050. The van der Waals surface area contributed by atoms with Gasteiger partial charge < -0.3 is 29.7 Å². The summed E-state index contributed by atoms with van der Waals surface area (Å²) in [4.78, 5) is 57.7.